The average Bonchev–Trinajstić information content (AvgIpc) is 2.29. The van der Waals surface area contributed by atoms with E-state index in [2.05, 4.69) is 5.16 Å². The Labute approximate surface area is 87.6 Å². The molecular weight excluding hydrogens is 190 g/mol. The average molecular weight is 201 g/mol. The monoisotopic (exact) mass is 201 g/mol. The van der Waals surface area contributed by atoms with Crippen molar-refractivity contribution in [3.63, 3.8) is 0 Å². The van der Waals surface area contributed by atoms with Gasteiger partial charge in [-0.2, -0.15) is 0 Å². The fraction of sp³-hybridized carbons (Fsp3) is 0.0833. The van der Waals surface area contributed by atoms with Crippen molar-refractivity contribution in [1.29, 1.82) is 0 Å². The molecule has 3 heteroatoms. The predicted octanol–water partition coefficient (Wildman–Crippen LogP) is 2.68. The number of fused-ring (bicyclic) bond motifs is 1. The summed E-state index contributed by atoms with van der Waals surface area (Å²) in [7, 11) is 0. The Kier molecular flexibility index (Phi) is 2.83. The van der Waals surface area contributed by atoms with E-state index in [1.807, 2.05) is 42.5 Å². The number of benzene rings is 2. The van der Waals surface area contributed by atoms with Crippen LogP contribution in [0.5, 0.6) is 5.75 Å². The summed E-state index contributed by atoms with van der Waals surface area (Å²) in [5, 5.41) is 13.4. The van der Waals surface area contributed by atoms with Gasteiger partial charge < -0.3 is 9.94 Å². The maximum atomic E-state index is 8.21. The summed E-state index contributed by atoms with van der Waals surface area (Å²) in [6.07, 6.45) is 1.30. The Balaban J connectivity index is 2.23. The molecule has 0 atom stereocenters. The molecule has 0 saturated carbocycles. The van der Waals surface area contributed by atoms with E-state index in [0.717, 1.165) is 11.1 Å². The summed E-state index contributed by atoms with van der Waals surface area (Å²) in [6.45, 7) is 0.273. The van der Waals surface area contributed by atoms with Crippen molar-refractivity contribution in [2.24, 2.45) is 5.16 Å². The lowest BCUT2D eigenvalue weighted by molar-refractivity contribution is 0.312. The molecule has 0 amide bonds. The maximum Gasteiger partial charge on any atom is 0.127 e. The first-order chi connectivity index (χ1) is 7.40. The molecule has 0 unspecified atom stereocenters. The van der Waals surface area contributed by atoms with Gasteiger partial charge in [0, 0.05) is 0 Å². The standard InChI is InChI=1S/C12H11NO2/c14-13-7-8-15-12-6-5-10-3-1-2-4-11(10)9-12/h1-7,9,14H,8H2/b13-7-. The number of ether oxygens (including phenoxy) is 1. The molecule has 2 aromatic rings. The van der Waals surface area contributed by atoms with Crippen molar-refractivity contribution in [2.75, 3.05) is 6.61 Å². The number of nitrogens with zero attached hydrogens (tertiary/aromatic N) is 1. The van der Waals surface area contributed by atoms with Crippen molar-refractivity contribution in [3.8, 4) is 5.75 Å². The summed E-state index contributed by atoms with van der Waals surface area (Å²) < 4.78 is 5.35. The molecule has 0 fully saturated rings. The molecule has 2 aromatic carbocycles. The minimum absolute atomic E-state index is 0.273. The van der Waals surface area contributed by atoms with Crippen molar-refractivity contribution in [1.82, 2.24) is 0 Å². The van der Waals surface area contributed by atoms with Gasteiger partial charge in [0.1, 0.15) is 12.4 Å². The van der Waals surface area contributed by atoms with Crippen LogP contribution in [0.15, 0.2) is 47.6 Å². The second-order valence-electron chi connectivity index (χ2n) is 3.12. The van der Waals surface area contributed by atoms with E-state index in [9.17, 15) is 0 Å². The van der Waals surface area contributed by atoms with E-state index >= 15 is 0 Å². The molecule has 0 heterocycles. The third-order valence-corrected chi connectivity index (χ3v) is 2.13. The molecular formula is C12H11NO2. The van der Waals surface area contributed by atoms with Gasteiger partial charge in [-0.3, -0.25) is 0 Å². The van der Waals surface area contributed by atoms with Crippen LogP contribution in [0, 0.1) is 0 Å². The van der Waals surface area contributed by atoms with Gasteiger partial charge in [0.25, 0.3) is 0 Å². The van der Waals surface area contributed by atoms with Crippen LogP contribution in [-0.2, 0) is 0 Å². The fourth-order valence-electron chi connectivity index (χ4n) is 1.42. The van der Waals surface area contributed by atoms with Gasteiger partial charge in [0.2, 0.25) is 0 Å². The molecule has 3 nitrogen and oxygen atoms in total. The molecule has 0 aliphatic heterocycles. The highest BCUT2D eigenvalue weighted by Gasteiger charge is 1.95. The summed E-state index contributed by atoms with van der Waals surface area (Å²) >= 11 is 0. The molecule has 15 heavy (non-hydrogen) atoms. The minimum Gasteiger partial charge on any atom is -0.488 e. The normalized spacial score (nSPS) is 10.9. The molecule has 0 radical (unpaired) electrons. The van der Waals surface area contributed by atoms with Crippen LogP contribution in [0.1, 0.15) is 0 Å². The van der Waals surface area contributed by atoms with Crippen LogP contribution in [-0.4, -0.2) is 18.0 Å². The molecule has 0 saturated heterocycles. The molecule has 0 aliphatic carbocycles. The predicted molar refractivity (Wildman–Crippen MR) is 59.7 cm³/mol. The topological polar surface area (TPSA) is 41.8 Å². The van der Waals surface area contributed by atoms with Gasteiger partial charge in [-0.05, 0) is 22.9 Å². The minimum atomic E-state index is 0.273. The number of hydrogen-bond acceptors (Lipinski definition) is 3. The van der Waals surface area contributed by atoms with E-state index in [1.54, 1.807) is 0 Å². The number of rotatable bonds is 3. The zero-order valence-electron chi connectivity index (χ0n) is 8.13. The van der Waals surface area contributed by atoms with Crippen molar-refractivity contribution < 1.29 is 9.94 Å². The highest BCUT2D eigenvalue weighted by atomic mass is 16.5. The van der Waals surface area contributed by atoms with Crippen molar-refractivity contribution in [2.45, 2.75) is 0 Å². The van der Waals surface area contributed by atoms with Gasteiger partial charge in [-0.25, -0.2) is 0 Å². The highest BCUT2D eigenvalue weighted by molar-refractivity contribution is 5.83. The SMILES string of the molecule is O/N=C\COc1ccc2ccccc2c1. The van der Waals surface area contributed by atoms with E-state index in [1.165, 1.54) is 11.6 Å². The van der Waals surface area contributed by atoms with E-state index in [0.29, 0.717) is 0 Å². The van der Waals surface area contributed by atoms with Crippen molar-refractivity contribution >= 4 is 17.0 Å². The van der Waals surface area contributed by atoms with Gasteiger partial charge >= 0.3 is 0 Å². The lowest BCUT2D eigenvalue weighted by Gasteiger charge is -2.03. The molecule has 1 N–H and O–H groups in total. The van der Waals surface area contributed by atoms with Crippen LogP contribution in [0.4, 0.5) is 0 Å². The smallest absolute Gasteiger partial charge is 0.127 e. The van der Waals surface area contributed by atoms with E-state index < -0.39 is 0 Å². The molecule has 76 valence electrons. The molecule has 0 aliphatic rings. The second-order valence-corrected chi connectivity index (χ2v) is 3.12. The zero-order chi connectivity index (χ0) is 10.5. The first-order valence-electron chi connectivity index (χ1n) is 4.67. The summed E-state index contributed by atoms with van der Waals surface area (Å²) in [5.74, 6) is 0.772. The molecule has 2 rings (SSSR count). The number of hydrogen-bond donors (Lipinski definition) is 1. The Hall–Kier alpha value is -2.03. The van der Waals surface area contributed by atoms with Crippen LogP contribution >= 0.6 is 0 Å². The number of oxime groups is 1. The van der Waals surface area contributed by atoms with Crippen LogP contribution < -0.4 is 4.74 Å². The van der Waals surface area contributed by atoms with Gasteiger partial charge in [0.15, 0.2) is 0 Å². The van der Waals surface area contributed by atoms with Gasteiger partial charge in [-0.1, -0.05) is 35.5 Å². The maximum absolute atomic E-state index is 8.21. The Morgan fingerprint density at radius 1 is 1.13 bits per heavy atom. The lowest BCUT2D eigenvalue weighted by Crippen LogP contribution is -1.97. The second kappa shape index (κ2) is 4.46. The lowest BCUT2D eigenvalue weighted by atomic mass is 10.1. The zero-order valence-corrected chi connectivity index (χ0v) is 8.13. The third kappa shape index (κ3) is 2.26. The van der Waals surface area contributed by atoms with E-state index in [-0.39, 0.29) is 6.61 Å². The van der Waals surface area contributed by atoms with Gasteiger partial charge in [-0.15, -0.1) is 0 Å². The van der Waals surface area contributed by atoms with E-state index in [4.69, 9.17) is 9.94 Å². The highest BCUT2D eigenvalue weighted by Crippen LogP contribution is 2.20. The summed E-state index contributed by atoms with van der Waals surface area (Å²) in [5.41, 5.74) is 0. The van der Waals surface area contributed by atoms with Crippen LogP contribution in [0.25, 0.3) is 10.8 Å². The fourth-order valence-corrected chi connectivity index (χ4v) is 1.42. The summed E-state index contributed by atoms with van der Waals surface area (Å²) in [6, 6.07) is 13.9. The molecule has 0 bridgehead atoms. The van der Waals surface area contributed by atoms with Crippen LogP contribution in [0.3, 0.4) is 0 Å². The van der Waals surface area contributed by atoms with Crippen LogP contribution in [0.2, 0.25) is 0 Å². The first-order valence-corrected chi connectivity index (χ1v) is 4.67. The Morgan fingerprint density at radius 2 is 1.93 bits per heavy atom. The Morgan fingerprint density at radius 3 is 2.73 bits per heavy atom. The first kappa shape index (κ1) is 9.52. The van der Waals surface area contributed by atoms with Gasteiger partial charge in [0.05, 0.1) is 6.21 Å². The molecule has 0 aromatic heterocycles. The Bertz CT molecular complexity index is 480. The molecule has 0 spiro atoms. The summed E-state index contributed by atoms with van der Waals surface area (Å²) in [4.78, 5) is 0. The third-order valence-electron chi connectivity index (χ3n) is 2.13. The quantitative estimate of drug-likeness (QED) is 0.471. The van der Waals surface area contributed by atoms with Crippen molar-refractivity contribution in [3.05, 3.63) is 42.5 Å². The largest absolute Gasteiger partial charge is 0.488 e.